The van der Waals surface area contributed by atoms with Gasteiger partial charge in [-0.15, -0.1) is 0 Å². The maximum atomic E-state index is 12.3. The van der Waals surface area contributed by atoms with Gasteiger partial charge in [0.2, 0.25) is 0 Å². The van der Waals surface area contributed by atoms with Crippen LogP contribution in [0.4, 0.5) is 4.79 Å². The third-order valence-electron chi connectivity index (χ3n) is 3.83. The number of furan rings is 1. The maximum Gasteiger partial charge on any atom is 0.337 e. The van der Waals surface area contributed by atoms with Crippen molar-refractivity contribution >= 4 is 35.0 Å². The number of esters is 1. The van der Waals surface area contributed by atoms with E-state index >= 15 is 0 Å². The highest BCUT2D eigenvalue weighted by Crippen LogP contribution is 2.34. The van der Waals surface area contributed by atoms with Crippen molar-refractivity contribution in [2.75, 3.05) is 7.11 Å². The molecule has 0 spiro atoms. The van der Waals surface area contributed by atoms with Gasteiger partial charge < -0.3 is 9.15 Å². The zero-order valence-electron chi connectivity index (χ0n) is 14.5. The molecule has 2 amide bonds. The molecule has 0 bridgehead atoms. The van der Waals surface area contributed by atoms with Crippen LogP contribution in [0.5, 0.6) is 0 Å². The number of benzene rings is 1. The maximum absolute atomic E-state index is 12.3. The summed E-state index contributed by atoms with van der Waals surface area (Å²) in [5, 5.41) is -0.276. The first-order valence-corrected chi connectivity index (χ1v) is 8.78. The minimum atomic E-state index is -0.405. The fraction of sp³-hybridized carbons (Fsp3) is 0.211. The van der Waals surface area contributed by atoms with Gasteiger partial charge in [0.25, 0.3) is 11.1 Å². The standard InChI is InChI=1S/C19H17NO5S/c1-11(2)20-17(21)16(26-19(20)23)10-14-8-9-15(25-14)12-4-6-13(7-5-12)18(22)24-3/h4-11H,1-3H3. The molecule has 1 aromatic heterocycles. The Morgan fingerprint density at radius 1 is 1.15 bits per heavy atom. The Kier molecular flexibility index (Phi) is 4.99. The van der Waals surface area contributed by atoms with E-state index in [9.17, 15) is 14.4 Å². The van der Waals surface area contributed by atoms with Crippen LogP contribution in [0.1, 0.15) is 30.0 Å². The minimum Gasteiger partial charge on any atom is -0.465 e. The summed E-state index contributed by atoms with van der Waals surface area (Å²) in [5.41, 5.74) is 1.23. The van der Waals surface area contributed by atoms with Crippen molar-refractivity contribution in [3.05, 3.63) is 52.6 Å². The fourth-order valence-corrected chi connectivity index (χ4v) is 3.47. The number of carbonyl (C=O) groups is 3. The minimum absolute atomic E-state index is 0.186. The molecule has 2 aromatic rings. The quantitative estimate of drug-likeness (QED) is 0.593. The summed E-state index contributed by atoms with van der Waals surface area (Å²) < 4.78 is 10.4. The van der Waals surface area contributed by atoms with Gasteiger partial charge in [0, 0.05) is 17.7 Å². The van der Waals surface area contributed by atoms with Gasteiger partial charge in [0.05, 0.1) is 17.6 Å². The highest BCUT2D eigenvalue weighted by Gasteiger charge is 2.36. The lowest BCUT2D eigenvalue weighted by Crippen LogP contribution is -2.34. The number of carbonyl (C=O) groups excluding carboxylic acids is 3. The van der Waals surface area contributed by atoms with Crippen molar-refractivity contribution < 1.29 is 23.5 Å². The molecule has 0 radical (unpaired) electrons. The summed E-state index contributed by atoms with van der Waals surface area (Å²) in [4.78, 5) is 37.3. The Morgan fingerprint density at radius 2 is 1.85 bits per heavy atom. The Morgan fingerprint density at radius 3 is 2.42 bits per heavy atom. The van der Waals surface area contributed by atoms with E-state index in [1.54, 1.807) is 56.3 Å². The number of hydrogen-bond acceptors (Lipinski definition) is 6. The predicted molar refractivity (Wildman–Crippen MR) is 98.4 cm³/mol. The molecule has 0 N–H and O–H groups in total. The highest BCUT2D eigenvalue weighted by atomic mass is 32.2. The first kappa shape index (κ1) is 18.0. The normalized spacial score (nSPS) is 16.0. The highest BCUT2D eigenvalue weighted by molar-refractivity contribution is 8.18. The molecule has 2 heterocycles. The van der Waals surface area contributed by atoms with E-state index in [4.69, 9.17) is 4.42 Å². The van der Waals surface area contributed by atoms with Gasteiger partial charge in [-0.1, -0.05) is 12.1 Å². The van der Waals surface area contributed by atoms with Crippen molar-refractivity contribution in [2.24, 2.45) is 0 Å². The molecule has 1 aliphatic heterocycles. The third kappa shape index (κ3) is 3.43. The fourth-order valence-electron chi connectivity index (χ4n) is 2.53. The number of methoxy groups -OCH3 is 1. The Balaban J connectivity index is 1.81. The first-order valence-electron chi connectivity index (χ1n) is 7.96. The number of amides is 2. The molecular formula is C19H17NO5S. The van der Waals surface area contributed by atoms with Crippen LogP contribution in [-0.4, -0.2) is 35.2 Å². The van der Waals surface area contributed by atoms with Gasteiger partial charge in [-0.25, -0.2) is 4.79 Å². The van der Waals surface area contributed by atoms with Gasteiger partial charge in [0.15, 0.2) is 0 Å². The second kappa shape index (κ2) is 7.21. The molecule has 0 unspecified atom stereocenters. The van der Waals surface area contributed by atoms with Crippen LogP contribution in [0.3, 0.4) is 0 Å². The molecule has 134 valence electrons. The monoisotopic (exact) mass is 371 g/mol. The molecule has 3 rings (SSSR count). The lowest BCUT2D eigenvalue weighted by atomic mass is 10.1. The van der Waals surface area contributed by atoms with Crippen LogP contribution in [0.25, 0.3) is 17.4 Å². The van der Waals surface area contributed by atoms with E-state index in [1.165, 1.54) is 12.0 Å². The number of ether oxygens (including phenoxy) is 1. The number of thioether (sulfide) groups is 1. The van der Waals surface area contributed by atoms with E-state index in [0.29, 0.717) is 22.0 Å². The lowest BCUT2D eigenvalue weighted by molar-refractivity contribution is -0.123. The molecular weight excluding hydrogens is 354 g/mol. The largest absolute Gasteiger partial charge is 0.465 e. The molecule has 6 nitrogen and oxygen atoms in total. The summed E-state index contributed by atoms with van der Waals surface area (Å²) in [5.74, 6) is 0.356. The average molecular weight is 371 g/mol. The number of rotatable bonds is 4. The van der Waals surface area contributed by atoms with Gasteiger partial charge in [-0.3, -0.25) is 14.5 Å². The summed E-state index contributed by atoms with van der Waals surface area (Å²) in [6.45, 7) is 3.59. The van der Waals surface area contributed by atoms with E-state index in [2.05, 4.69) is 4.74 Å². The van der Waals surface area contributed by atoms with Crippen LogP contribution in [0, 0.1) is 0 Å². The van der Waals surface area contributed by atoms with Crippen LogP contribution < -0.4 is 0 Å². The van der Waals surface area contributed by atoms with Crippen LogP contribution in [0.2, 0.25) is 0 Å². The molecule has 0 atom stereocenters. The van der Waals surface area contributed by atoms with E-state index in [1.807, 2.05) is 0 Å². The molecule has 0 aliphatic carbocycles. The predicted octanol–water partition coefficient (Wildman–Crippen LogP) is 4.18. The molecule has 1 aliphatic rings. The van der Waals surface area contributed by atoms with Crippen LogP contribution in [0.15, 0.2) is 45.7 Å². The average Bonchev–Trinajstić information content (AvgIpc) is 3.19. The van der Waals surface area contributed by atoms with E-state index in [0.717, 1.165) is 17.3 Å². The first-order chi connectivity index (χ1) is 12.4. The van der Waals surface area contributed by atoms with Crippen molar-refractivity contribution in [1.29, 1.82) is 0 Å². The van der Waals surface area contributed by atoms with E-state index < -0.39 is 5.97 Å². The topological polar surface area (TPSA) is 76.8 Å². The second-order valence-electron chi connectivity index (χ2n) is 5.92. The molecule has 26 heavy (non-hydrogen) atoms. The summed E-state index contributed by atoms with van der Waals surface area (Å²) in [6, 6.07) is 10.1. The zero-order chi connectivity index (χ0) is 18.8. The van der Waals surface area contributed by atoms with Gasteiger partial charge in [-0.2, -0.15) is 0 Å². The molecule has 1 aromatic carbocycles. The SMILES string of the molecule is COC(=O)c1ccc(-c2ccc(C=C3SC(=O)N(C(C)C)C3=O)o2)cc1. The number of imide groups is 1. The second-order valence-corrected chi connectivity index (χ2v) is 6.91. The van der Waals surface area contributed by atoms with Crippen LogP contribution in [-0.2, 0) is 9.53 Å². The molecule has 7 heteroatoms. The summed E-state index contributed by atoms with van der Waals surface area (Å²) in [7, 11) is 1.33. The van der Waals surface area contributed by atoms with Gasteiger partial charge >= 0.3 is 5.97 Å². The van der Waals surface area contributed by atoms with Crippen molar-refractivity contribution in [1.82, 2.24) is 4.90 Å². The Bertz CT molecular complexity index is 895. The number of hydrogen-bond donors (Lipinski definition) is 0. The Labute approximate surface area is 154 Å². The lowest BCUT2D eigenvalue weighted by Gasteiger charge is -2.16. The Hall–Kier alpha value is -2.80. The third-order valence-corrected chi connectivity index (χ3v) is 4.71. The van der Waals surface area contributed by atoms with E-state index in [-0.39, 0.29) is 17.2 Å². The smallest absolute Gasteiger partial charge is 0.337 e. The zero-order valence-corrected chi connectivity index (χ0v) is 15.3. The van der Waals surface area contributed by atoms with Crippen molar-refractivity contribution in [3.63, 3.8) is 0 Å². The van der Waals surface area contributed by atoms with Crippen molar-refractivity contribution in [2.45, 2.75) is 19.9 Å². The van der Waals surface area contributed by atoms with Gasteiger partial charge in [0.1, 0.15) is 11.5 Å². The molecule has 0 saturated carbocycles. The molecule has 1 saturated heterocycles. The summed E-state index contributed by atoms with van der Waals surface area (Å²) in [6.07, 6.45) is 1.57. The van der Waals surface area contributed by atoms with Crippen molar-refractivity contribution in [3.8, 4) is 11.3 Å². The molecule has 1 fully saturated rings. The van der Waals surface area contributed by atoms with Crippen LogP contribution >= 0.6 is 11.8 Å². The van der Waals surface area contributed by atoms with Gasteiger partial charge in [-0.05, 0) is 49.9 Å². The number of nitrogens with zero attached hydrogens (tertiary/aromatic N) is 1. The summed E-state index contributed by atoms with van der Waals surface area (Å²) >= 11 is 0.905.